The second-order valence-electron chi connectivity index (χ2n) is 7.60. The van der Waals surface area contributed by atoms with Gasteiger partial charge in [0.2, 0.25) is 10.9 Å². The van der Waals surface area contributed by atoms with Crippen molar-refractivity contribution in [3.63, 3.8) is 0 Å². The summed E-state index contributed by atoms with van der Waals surface area (Å²) >= 11 is 1.34. The van der Waals surface area contributed by atoms with E-state index in [1.807, 2.05) is 26.0 Å². The molecular weight excluding hydrogens is 414 g/mol. The zero-order valence-corrected chi connectivity index (χ0v) is 18.0. The van der Waals surface area contributed by atoms with Crippen LogP contribution in [0.5, 0.6) is 5.75 Å². The molecule has 1 atom stereocenters. The molecule has 3 heterocycles. The number of carbonyl (C=O) groups is 1. The first kappa shape index (κ1) is 19.4. The topological polar surface area (TPSA) is 85.5 Å². The molecular formula is C23H19N3O4S. The van der Waals surface area contributed by atoms with E-state index in [4.69, 9.17) is 9.15 Å². The molecule has 0 N–H and O–H groups in total. The third-order valence-corrected chi connectivity index (χ3v) is 6.56. The first-order valence-electron chi connectivity index (χ1n) is 9.86. The van der Waals surface area contributed by atoms with Gasteiger partial charge in [-0.1, -0.05) is 49.4 Å². The van der Waals surface area contributed by atoms with Gasteiger partial charge >= 0.3 is 0 Å². The molecule has 0 saturated heterocycles. The highest BCUT2D eigenvalue weighted by Crippen LogP contribution is 2.42. The van der Waals surface area contributed by atoms with Crippen molar-refractivity contribution in [3.05, 3.63) is 80.6 Å². The van der Waals surface area contributed by atoms with Crippen LogP contribution in [0, 0.1) is 0 Å². The Morgan fingerprint density at radius 2 is 1.81 bits per heavy atom. The SMILES string of the molecule is COc1ccc([C@H]2c3c(oc4ccccc4c3=O)C(=O)N2c2nnc(C(C)C)s2)cc1. The molecule has 4 aromatic rings. The van der Waals surface area contributed by atoms with Crippen molar-refractivity contribution in [2.45, 2.75) is 25.8 Å². The Bertz CT molecular complexity index is 1360. The second kappa shape index (κ2) is 7.31. The van der Waals surface area contributed by atoms with Gasteiger partial charge in [0.05, 0.1) is 24.1 Å². The highest BCUT2D eigenvalue weighted by atomic mass is 32.1. The van der Waals surface area contributed by atoms with Crippen LogP contribution in [0.3, 0.4) is 0 Å². The number of aromatic nitrogens is 2. The van der Waals surface area contributed by atoms with E-state index < -0.39 is 11.9 Å². The average molecular weight is 433 g/mol. The molecule has 0 saturated carbocycles. The number of anilines is 1. The maximum atomic E-state index is 13.5. The molecule has 2 aromatic heterocycles. The molecule has 1 amide bonds. The van der Waals surface area contributed by atoms with E-state index >= 15 is 0 Å². The minimum Gasteiger partial charge on any atom is -0.497 e. The first-order valence-corrected chi connectivity index (χ1v) is 10.7. The number of rotatable bonds is 4. The molecule has 5 rings (SSSR count). The molecule has 1 aliphatic rings. The molecule has 0 aliphatic carbocycles. The van der Waals surface area contributed by atoms with Crippen LogP contribution in [0.15, 0.2) is 57.7 Å². The Labute approximate surface area is 181 Å². The van der Waals surface area contributed by atoms with Gasteiger partial charge in [-0.05, 0) is 29.8 Å². The third-order valence-electron chi connectivity index (χ3n) is 5.34. The third kappa shape index (κ3) is 3.02. The Morgan fingerprint density at radius 1 is 1.06 bits per heavy atom. The Kier molecular flexibility index (Phi) is 4.59. The van der Waals surface area contributed by atoms with Crippen molar-refractivity contribution in [2.75, 3.05) is 12.0 Å². The summed E-state index contributed by atoms with van der Waals surface area (Å²) in [5.74, 6) is 0.507. The smallest absolute Gasteiger partial charge is 0.297 e. The summed E-state index contributed by atoms with van der Waals surface area (Å²) in [7, 11) is 1.59. The van der Waals surface area contributed by atoms with E-state index in [0.717, 1.165) is 10.6 Å². The number of amides is 1. The van der Waals surface area contributed by atoms with E-state index in [-0.39, 0.29) is 17.1 Å². The van der Waals surface area contributed by atoms with Gasteiger partial charge in [-0.25, -0.2) is 0 Å². The standard InChI is InChI=1S/C23H19N3O4S/c1-12(2)21-24-25-23(31-21)26-18(13-8-10-14(29-3)11-9-13)17-19(27)15-6-4-5-7-16(15)30-20(17)22(26)28/h4-12,18H,1-3H3/t18-/m0/s1. The fourth-order valence-corrected chi connectivity index (χ4v) is 4.65. The number of hydrogen-bond acceptors (Lipinski definition) is 7. The summed E-state index contributed by atoms with van der Waals surface area (Å²) in [5, 5.41) is 10.2. The molecule has 8 heteroatoms. The van der Waals surface area contributed by atoms with Gasteiger partial charge in [-0.15, -0.1) is 10.2 Å². The molecule has 1 aliphatic heterocycles. The zero-order chi connectivity index (χ0) is 21.7. The summed E-state index contributed by atoms with van der Waals surface area (Å²) in [6, 6.07) is 13.6. The fraction of sp³-hybridized carbons (Fsp3) is 0.217. The molecule has 0 fully saturated rings. The Hall–Kier alpha value is -3.52. The first-order chi connectivity index (χ1) is 15.0. The van der Waals surface area contributed by atoms with E-state index in [9.17, 15) is 9.59 Å². The number of methoxy groups -OCH3 is 1. The summed E-state index contributed by atoms with van der Waals surface area (Å²) < 4.78 is 11.2. The lowest BCUT2D eigenvalue weighted by Crippen LogP contribution is -2.29. The van der Waals surface area contributed by atoms with Crippen LogP contribution >= 0.6 is 11.3 Å². The van der Waals surface area contributed by atoms with Gasteiger partial charge in [0.15, 0.2) is 5.43 Å². The van der Waals surface area contributed by atoms with Crippen LogP contribution in [0.25, 0.3) is 11.0 Å². The van der Waals surface area contributed by atoms with E-state index in [1.165, 1.54) is 16.2 Å². The number of ether oxygens (including phenoxy) is 1. The molecule has 7 nitrogen and oxygen atoms in total. The van der Waals surface area contributed by atoms with Crippen molar-refractivity contribution in [1.82, 2.24) is 10.2 Å². The van der Waals surface area contributed by atoms with Crippen molar-refractivity contribution in [1.29, 1.82) is 0 Å². The summed E-state index contributed by atoms with van der Waals surface area (Å²) in [5.41, 5.74) is 1.24. The van der Waals surface area contributed by atoms with E-state index in [0.29, 0.717) is 27.4 Å². The van der Waals surface area contributed by atoms with Crippen LogP contribution in [-0.4, -0.2) is 23.2 Å². The largest absolute Gasteiger partial charge is 0.497 e. The lowest BCUT2D eigenvalue weighted by Gasteiger charge is -2.22. The molecule has 0 spiro atoms. The van der Waals surface area contributed by atoms with Gasteiger partial charge in [0.1, 0.15) is 16.3 Å². The number of carbonyl (C=O) groups excluding carboxylic acids is 1. The highest BCUT2D eigenvalue weighted by molar-refractivity contribution is 7.15. The number of fused-ring (bicyclic) bond motifs is 2. The minimum absolute atomic E-state index is 0.0471. The van der Waals surface area contributed by atoms with Crippen LogP contribution < -0.4 is 15.1 Å². The zero-order valence-electron chi connectivity index (χ0n) is 17.2. The molecule has 31 heavy (non-hydrogen) atoms. The predicted octanol–water partition coefficient (Wildman–Crippen LogP) is 4.53. The summed E-state index contributed by atoms with van der Waals surface area (Å²) in [6.07, 6.45) is 0. The maximum Gasteiger partial charge on any atom is 0.297 e. The van der Waals surface area contributed by atoms with Gasteiger partial charge in [0, 0.05) is 5.92 Å². The number of nitrogens with zero attached hydrogens (tertiary/aromatic N) is 3. The van der Waals surface area contributed by atoms with Crippen molar-refractivity contribution in [2.24, 2.45) is 0 Å². The van der Waals surface area contributed by atoms with Gasteiger partial charge in [-0.3, -0.25) is 14.5 Å². The average Bonchev–Trinajstić information content (AvgIpc) is 3.38. The normalized spacial score (nSPS) is 15.7. The van der Waals surface area contributed by atoms with Gasteiger partial charge in [0.25, 0.3) is 5.91 Å². The molecule has 0 radical (unpaired) electrons. The Balaban J connectivity index is 1.76. The Morgan fingerprint density at radius 3 is 2.48 bits per heavy atom. The maximum absolute atomic E-state index is 13.5. The molecule has 2 aromatic carbocycles. The number of benzene rings is 2. The quantitative estimate of drug-likeness (QED) is 0.470. The fourth-order valence-electron chi connectivity index (χ4n) is 3.78. The molecule has 156 valence electrons. The minimum atomic E-state index is -0.665. The van der Waals surface area contributed by atoms with Crippen molar-refractivity contribution >= 4 is 33.3 Å². The number of hydrogen-bond donors (Lipinski definition) is 0. The number of para-hydroxylation sites is 1. The van der Waals surface area contributed by atoms with Crippen LogP contribution in [0.1, 0.15) is 52.5 Å². The summed E-state index contributed by atoms with van der Waals surface area (Å²) in [4.78, 5) is 28.5. The second-order valence-corrected chi connectivity index (χ2v) is 8.59. The van der Waals surface area contributed by atoms with Crippen molar-refractivity contribution in [3.8, 4) is 5.75 Å². The molecule has 0 bridgehead atoms. The lowest BCUT2D eigenvalue weighted by molar-refractivity contribution is 0.0970. The van der Waals surface area contributed by atoms with Gasteiger partial charge in [-0.2, -0.15) is 0 Å². The lowest BCUT2D eigenvalue weighted by atomic mass is 9.98. The van der Waals surface area contributed by atoms with Crippen LogP contribution in [0.2, 0.25) is 0 Å². The highest BCUT2D eigenvalue weighted by Gasteiger charge is 2.45. The molecule has 0 unspecified atom stereocenters. The van der Waals surface area contributed by atoms with E-state index in [1.54, 1.807) is 43.5 Å². The van der Waals surface area contributed by atoms with Crippen molar-refractivity contribution < 1.29 is 13.9 Å². The van der Waals surface area contributed by atoms with Crippen LogP contribution in [0.4, 0.5) is 5.13 Å². The van der Waals surface area contributed by atoms with E-state index in [2.05, 4.69) is 10.2 Å². The van der Waals surface area contributed by atoms with Gasteiger partial charge < -0.3 is 9.15 Å². The van der Waals surface area contributed by atoms with Crippen LogP contribution in [-0.2, 0) is 0 Å². The monoisotopic (exact) mass is 433 g/mol. The summed E-state index contributed by atoms with van der Waals surface area (Å²) in [6.45, 7) is 4.03. The predicted molar refractivity (Wildman–Crippen MR) is 118 cm³/mol.